The molecule has 0 bridgehead atoms. The minimum Gasteiger partial charge on any atom is -0.869 e. The standard InChI is InChI=1S/2C8H8O3.Co/c2*1-11-7-4-2-3-6(5-9)8(7)10;/h2*2-5,10H,1H3;/q;;+2/p-2. The smallest absolute Gasteiger partial charge is 0.869 e. The molecule has 0 aromatic heterocycles. The Morgan fingerprint density at radius 3 is 1.39 bits per heavy atom. The van der Waals surface area contributed by atoms with E-state index in [-0.39, 0.29) is 50.9 Å². The molecule has 2 aromatic rings. The third kappa shape index (κ3) is 5.31. The Morgan fingerprint density at radius 1 is 0.783 bits per heavy atom. The first-order valence-electron chi connectivity index (χ1n) is 6.17. The maximum absolute atomic E-state index is 11.1. The zero-order valence-electron chi connectivity index (χ0n) is 12.4. The van der Waals surface area contributed by atoms with Crippen LogP contribution in [-0.4, -0.2) is 26.8 Å². The Bertz CT molecular complexity index is 600. The van der Waals surface area contributed by atoms with Gasteiger partial charge in [-0.3, -0.25) is 9.59 Å². The van der Waals surface area contributed by atoms with Crippen LogP contribution in [0.5, 0.6) is 23.0 Å². The van der Waals surface area contributed by atoms with Crippen molar-refractivity contribution < 1.29 is 46.1 Å². The second-order valence-electron chi connectivity index (χ2n) is 3.99. The van der Waals surface area contributed by atoms with E-state index in [9.17, 15) is 19.8 Å². The van der Waals surface area contributed by atoms with Gasteiger partial charge < -0.3 is 19.7 Å². The molecule has 0 fully saturated rings. The minimum atomic E-state index is -0.356. The van der Waals surface area contributed by atoms with Gasteiger partial charge in [0.25, 0.3) is 0 Å². The Labute approximate surface area is 143 Å². The van der Waals surface area contributed by atoms with Crippen LogP contribution in [0.15, 0.2) is 36.4 Å². The summed E-state index contributed by atoms with van der Waals surface area (Å²) < 4.78 is 9.43. The second-order valence-corrected chi connectivity index (χ2v) is 3.99. The zero-order chi connectivity index (χ0) is 16.5. The van der Waals surface area contributed by atoms with Crippen LogP contribution in [0, 0.1) is 0 Å². The van der Waals surface area contributed by atoms with Crippen molar-refractivity contribution in [3.8, 4) is 23.0 Å². The third-order valence-corrected chi connectivity index (χ3v) is 2.71. The molecule has 0 N–H and O–H groups in total. The summed E-state index contributed by atoms with van der Waals surface area (Å²) in [6, 6.07) is 9.16. The normalized spacial score (nSPS) is 8.78. The summed E-state index contributed by atoms with van der Waals surface area (Å²) in [5.41, 5.74) is 0.258. The summed E-state index contributed by atoms with van der Waals surface area (Å²) >= 11 is 0. The van der Waals surface area contributed by atoms with Gasteiger partial charge in [-0.15, -0.1) is 0 Å². The van der Waals surface area contributed by atoms with Crippen molar-refractivity contribution in [2.75, 3.05) is 14.2 Å². The average molecular weight is 361 g/mol. The van der Waals surface area contributed by atoms with E-state index in [1.54, 1.807) is 12.1 Å². The van der Waals surface area contributed by atoms with Crippen LogP contribution in [-0.2, 0) is 16.8 Å². The molecule has 0 aliphatic heterocycles. The molecule has 0 aliphatic rings. The molecule has 7 heteroatoms. The topological polar surface area (TPSA) is 98.7 Å². The van der Waals surface area contributed by atoms with Gasteiger partial charge in [0.05, 0.1) is 14.2 Å². The molecule has 0 heterocycles. The number of para-hydroxylation sites is 2. The Morgan fingerprint density at radius 2 is 1.13 bits per heavy atom. The first-order valence-corrected chi connectivity index (χ1v) is 6.17. The molecule has 23 heavy (non-hydrogen) atoms. The van der Waals surface area contributed by atoms with E-state index in [1.165, 1.54) is 38.5 Å². The predicted octanol–water partition coefficient (Wildman–Crippen LogP) is 1.16. The van der Waals surface area contributed by atoms with Gasteiger partial charge in [0.1, 0.15) is 24.1 Å². The SMILES string of the molecule is COc1cccc(C=O)c1[O-].COc1cccc(C=O)c1[O-].[Co+2]. The van der Waals surface area contributed by atoms with Crippen LogP contribution in [0.4, 0.5) is 0 Å². The maximum atomic E-state index is 11.1. The number of aldehydes is 2. The Balaban J connectivity index is 0.000000403. The van der Waals surface area contributed by atoms with Crippen molar-refractivity contribution in [2.24, 2.45) is 0 Å². The molecule has 1 radical (unpaired) electrons. The fourth-order valence-electron chi connectivity index (χ4n) is 1.57. The van der Waals surface area contributed by atoms with Crippen molar-refractivity contribution >= 4 is 12.6 Å². The summed E-state index contributed by atoms with van der Waals surface area (Å²) in [6.45, 7) is 0. The fourth-order valence-corrected chi connectivity index (χ4v) is 1.57. The molecule has 123 valence electrons. The molecule has 0 saturated carbocycles. The molecule has 0 spiro atoms. The van der Waals surface area contributed by atoms with E-state index in [4.69, 9.17) is 9.47 Å². The van der Waals surface area contributed by atoms with E-state index in [2.05, 4.69) is 0 Å². The molecule has 0 unspecified atom stereocenters. The number of carbonyl (C=O) groups excluding carboxylic acids is 2. The van der Waals surface area contributed by atoms with Gasteiger partial charge in [0, 0.05) is 11.1 Å². The number of rotatable bonds is 4. The molecule has 0 atom stereocenters. The van der Waals surface area contributed by atoms with Crippen molar-refractivity contribution in [1.29, 1.82) is 0 Å². The number of carbonyl (C=O) groups is 2. The summed E-state index contributed by atoms with van der Waals surface area (Å²) in [7, 11) is 2.79. The monoisotopic (exact) mass is 361 g/mol. The molecule has 2 rings (SSSR count). The Hall–Kier alpha value is -2.51. The van der Waals surface area contributed by atoms with Gasteiger partial charge >= 0.3 is 16.8 Å². The third-order valence-electron chi connectivity index (χ3n) is 2.71. The van der Waals surface area contributed by atoms with Gasteiger partial charge in [0.2, 0.25) is 0 Å². The van der Waals surface area contributed by atoms with Crippen molar-refractivity contribution in [3.63, 3.8) is 0 Å². The van der Waals surface area contributed by atoms with Gasteiger partial charge in [-0.05, 0) is 12.1 Å². The van der Waals surface area contributed by atoms with Gasteiger partial charge in [0.15, 0.2) is 0 Å². The molecule has 2 aromatic carbocycles. The van der Waals surface area contributed by atoms with E-state index in [0.29, 0.717) is 12.6 Å². The second kappa shape index (κ2) is 10.3. The number of ether oxygens (including phenoxy) is 2. The first-order chi connectivity index (χ1) is 10.6. The van der Waals surface area contributed by atoms with E-state index >= 15 is 0 Å². The molecule has 6 nitrogen and oxygen atoms in total. The van der Waals surface area contributed by atoms with Crippen LogP contribution >= 0.6 is 0 Å². The van der Waals surface area contributed by atoms with Crippen LogP contribution in [0.25, 0.3) is 0 Å². The summed E-state index contributed by atoms with van der Waals surface area (Å²) in [4.78, 5) is 20.5. The van der Waals surface area contributed by atoms with Crippen LogP contribution < -0.4 is 19.7 Å². The van der Waals surface area contributed by atoms with E-state index in [0.717, 1.165) is 0 Å². The van der Waals surface area contributed by atoms with E-state index < -0.39 is 0 Å². The molecule has 0 saturated heterocycles. The van der Waals surface area contributed by atoms with Crippen LogP contribution in [0.2, 0.25) is 0 Å². The van der Waals surface area contributed by atoms with Gasteiger partial charge in [-0.2, -0.15) is 0 Å². The Kier molecular flexibility index (Phi) is 9.13. The zero-order valence-corrected chi connectivity index (χ0v) is 13.4. The van der Waals surface area contributed by atoms with Crippen LogP contribution in [0.1, 0.15) is 20.7 Å². The first kappa shape index (κ1) is 20.5. The number of hydrogen-bond acceptors (Lipinski definition) is 6. The summed E-state index contributed by atoms with van der Waals surface area (Å²) in [5, 5.41) is 22.1. The largest absolute Gasteiger partial charge is 2.00 e. The quantitative estimate of drug-likeness (QED) is 0.758. The number of benzene rings is 2. The summed E-state index contributed by atoms with van der Waals surface area (Å²) in [5.74, 6) is -0.306. The molecule has 0 amide bonds. The maximum Gasteiger partial charge on any atom is 2.00 e. The van der Waals surface area contributed by atoms with E-state index in [1.807, 2.05) is 0 Å². The van der Waals surface area contributed by atoms with Crippen molar-refractivity contribution in [1.82, 2.24) is 0 Å². The number of hydrogen-bond donors (Lipinski definition) is 0. The average Bonchev–Trinajstić information content (AvgIpc) is 2.56. The number of methoxy groups -OCH3 is 2. The fraction of sp³-hybridized carbons (Fsp3) is 0.125. The molecule has 0 aliphatic carbocycles. The minimum absolute atomic E-state index is 0. The predicted molar refractivity (Wildman–Crippen MR) is 75.7 cm³/mol. The van der Waals surface area contributed by atoms with Crippen molar-refractivity contribution in [3.05, 3.63) is 47.5 Å². The van der Waals surface area contributed by atoms with Gasteiger partial charge in [-0.25, -0.2) is 0 Å². The van der Waals surface area contributed by atoms with Crippen LogP contribution in [0.3, 0.4) is 0 Å². The van der Waals surface area contributed by atoms with Crippen molar-refractivity contribution in [2.45, 2.75) is 0 Å². The van der Waals surface area contributed by atoms with Gasteiger partial charge in [-0.1, -0.05) is 35.8 Å². The molecular formula is C16H14CoO6. The summed E-state index contributed by atoms with van der Waals surface area (Å²) in [6.07, 6.45) is 1.04. The molecular weight excluding hydrogens is 347 g/mol.